The molecule has 2 unspecified atom stereocenters. The predicted octanol–water partition coefficient (Wildman–Crippen LogP) is 1.41. The Hall–Kier alpha value is -0.330. The van der Waals surface area contributed by atoms with Gasteiger partial charge in [-0.05, 0) is 26.4 Å². The summed E-state index contributed by atoms with van der Waals surface area (Å²) in [6.07, 6.45) is -4.08. The van der Waals surface area contributed by atoms with Gasteiger partial charge in [0, 0.05) is 32.2 Å². The first-order valence-electron chi connectivity index (χ1n) is 6.51. The van der Waals surface area contributed by atoms with Crippen molar-refractivity contribution in [1.82, 2.24) is 15.1 Å². The van der Waals surface area contributed by atoms with E-state index in [4.69, 9.17) is 0 Å². The zero-order chi connectivity index (χ0) is 13.8. The molecule has 1 aliphatic heterocycles. The Labute approximate surface area is 107 Å². The van der Waals surface area contributed by atoms with E-state index < -0.39 is 12.7 Å². The molecule has 0 amide bonds. The van der Waals surface area contributed by atoms with Gasteiger partial charge in [-0.2, -0.15) is 13.2 Å². The van der Waals surface area contributed by atoms with Gasteiger partial charge in [0.15, 0.2) is 0 Å². The molecule has 2 atom stereocenters. The van der Waals surface area contributed by atoms with Gasteiger partial charge in [-0.15, -0.1) is 0 Å². The average molecular weight is 267 g/mol. The third kappa shape index (κ3) is 5.12. The lowest BCUT2D eigenvalue weighted by molar-refractivity contribution is -0.150. The van der Waals surface area contributed by atoms with Gasteiger partial charge in [-0.25, -0.2) is 0 Å². The van der Waals surface area contributed by atoms with Gasteiger partial charge in [0.25, 0.3) is 0 Å². The lowest BCUT2D eigenvalue weighted by Gasteiger charge is -2.40. The summed E-state index contributed by atoms with van der Waals surface area (Å²) in [6.45, 7) is 6.96. The Balaban J connectivity index is 2.34. The maximum absolute atomic E-state index is 12.3. The van der Waals surface area contributed by atoms with E-state index in [0.717, 1.165) is 19.6 Å². The zero-order valence-corrected chi connectivity index (χ0v) is 11.4. The topological polar surface area (TPSA) is 18.5 Å². The van der Waals surface area contributed by atoms with Crippen LogP contribution in [-0.2, 0) is 0 Å². The molecule has 0 aromatic rings. The van der Waals surface area contributed by atoms with E-state index >= 15 is 0 Å². The van der Waals surface area contributed by atoms with E-state index in [9.17, 15) is 13.2 Å². The number of piperazine rings is 1. The molecular weight excluding hydrogens is 243 g/mol. The summed E-state index contributed by atoms with van der Waals surface area (Å²) in [5, 5.41) is 3.14. The second kappa shape index (κ2) is 6.73. The molecule has 1 saturated heterocycles. The Kier molecular flexibility index (Phi) is 5.88. The summed E-state index contributed by atoms with van der Waals surface area (Å²) in [4.78, 5) is 3.78. The molecule has 1 aliphatic rings. The molecule has 6 heteroatoms. The quantitative estimate of drug-likeness (QED) is 0.812. The largest absolute Gasteiger partial charge is 0.401 e. The minimum atomic E-state index is -4.08. The summed E-state index contributed by atoms with van der Waals surface area (Å²) in [6, 6.07) is 0.408. The maximum atomic E-state index is 12.3. The minimum absolute atomic E-state index is 0.408. The molecule has 0 saturated carbocycles. The number of halogens is 3. The van der Waals surface area contributed by atoms with Crippen molar-refractivity contribution < 1.29 is 13.2 Å². The average Bonchev–Trinajstić information content (AvgIpc) is 2.27. The number of rotatable bonds is 5. The van der Waals surface area contributed by atoms with E-state index in [1.165, 1.54) is 4.90 Å². The number of nitrogens with zero attached hydrogens (tertiary/aromatic N) is 2. The van der Waals surface area contributed by atoms with Crippen LogP contribution < -0.4 is 5.32 Å². The molecule has 0 spiro atoms. The second-order valence-electron chi connectivity index (χ2n) is 5.20. The van der Waals surface area contributed by atoms with Crippen molar-refractivity contribution >= 4 is 0 Å². The number of hydrogen-bond donors (Lipinski definition) is 1. The monoisotopic (exact) mass is 267 g/mol. The molecule has 1 heterocycles. The van der Waals surface area contributed by atoms with Crippen molar-refractivity contribution in [2.75, 3.05) is 46.3 Å². The SMILES string of the molecule is CNCC(C)C(C)N1CCN(CC(F)(F)F)CC1. The van der Waals surface area contributed by atoms with Crippen LogP contribution in [0.4, 0.5) is 13.2 Å². The predicted molar refractivity (Wildman–Crippen MR) is 66.6 cm³/mol. The molecule has 108 valence electrons. The molecule has 0 aromatic carbocycles. The maximum Gasteiger partial charge on any atom is 0.401 e. The molecule has 0 bridgehead atoms. The highest BCUT2D eigenvalue weighted by molar-refractivity contribution is 4.80. The van der Waals surface area contributed by atoms with E-state index in [1.54, 1.807) is 0 Å². The van der Waals surface area contributed by atoms with Crippen LogP contribution in [0.1, 0.15) is 13.8 Å². The standard InChI is InChI=1S/C12H24F3N3/c1-10(8-16-3)11(2)18-6-4-17(5-7-18)9-12(13,14)15/h10-11,16H,4-9H2,1-3H3. The van der Waals surface area contributed by atoms with Crippen LogP contribution in [-0.4, -0.2) is 68.3 Å². The van der Waals surface area contributed by atoms with Crippen LogP contribution in [0.15, 0.2) is 0 Å². The molecule has 0 radical (unpaired) electrons. The summed E-state index contributed by atoms with van der Waals surface area (Å²) in [7, 11) is 1.92. The Morgan fingerprint density at radius 3 is 2.11 bits per heavy atom. The molecule has 1 rings (SSSR count). The van der Waals surface area contributed by atoms with E-state index in [2.05, 4.69) is 24.1 Å². The van der Waals surface area contributed by atoms with Crippen molar-refractivity contribution in [3.63, 3.8) is 0 Å². The van der Waals surface area contributed by atoms with Gasteiger partial charge in [0.1, 0.15) is 0 Å². The van der Waals surface area contributed by atoms with Gasteiger partial charge in [0.05, 0.1) is 6.54 Å². The Bertz CT molecular complexity index is 237. The molecule has 3 nitrogen and oxygen atoms in total. The van der Waals surface area contributed by atoms with Gasteiger partial charge in [-0.1, -0.05) is 6.92 Å². The molecule has 18 heavy (non-hydrogen) atoms. The Morgan fingerprint density at radius 2 is 1.67 bits per heavy atom. The highest BCUT2D eigenvalue weighted by atomic mass is 19.4. The fraction of sp³-hybridized carbons (Fsp3) is 1.00. The van der Waals surface area contributed by atoms with Crippen LogP contribution >= 0.6 is 0 Å². The summed E-state index contributed by atoms with van der Waals surface area (Å²) >= 11 is 0. The smallest absolute Gasteiger partial charge is 0.319 e. The second-order valence-corrected chi connectivity index (χ2v) is 5.20. The van der Waals surface area contributed by atoms with Crippen molar-refractivity contribution in [2.45, 2.75) is 26.1 Å². The normalized spacial score (nSPS) is 23.0. The third-order valence-electron chi connectivity index (χ3n) is 3.74. The fourth-order valence-electron chi connectivity index (χ4n) is 2.43. The minimum Gasteiger partial charge on any atom is -0.319 e. The van der Waals surface area contributed by atoms with Crippen molar-refractivity contribution in [3.8, 4) is 0 Å². The van der Waals surface area contributed by atoms with Crippen LogP contribution in [0.3, 0.4) is 0 Å². The van der Waals surface area contributed by atoms with Gasteiger partial charge >= 0.3 is 6.18 Å². The van der Waals surface area contributed by atoms with Crippen LogP contribution in [0, 0.1) is 5.92 Å². The summed E-state index contributed by atoms with van der Waals surface area (Å²) in [5.41, 5.74) is 0. The van der Waals surface area contributed by atoms with E-state index in [1.807, 2.05) is 7.05 Å². The molecular formula is C12H24F3N3. The first-order chi connectivity index (χ1) is 8.33. The van der Waals surface area contributed by atoms with Gasteiger partial charge < -0.3 is 5.32 Å². The number of alkyl halides is 3. The van der Waals surface area contributed by atoms with Crippen molar-refractivity contribution in [1.29, 1.82) is 0 Å². The highest BCUT2D eigenvalue weighted by Crippen LogP contribution is 2.19. The van der Waals surface area contributed by atoms with Crippen molar-refractivity contribution in [2.24, 2.45) is 5.92 Å². The highest BCUT2D eigenvalue weighted by Gasteiger charge is 2.33. The van der Waals surface area contributed by atoms with Crippen LogP contribution in [0.25, 0.3) is 0 Å². The first-order valence-corrected chi connectivity index (χ1v) is 6.51. The molecule has 1 N–H and O–H groups in total. The number of hydrogen-bond acceptors (Lipinski definition) is 3. The number of nitrogens with one attached hydrogen (secondary N) is 1. The summed E-state index contributed by atoms with van der Waals surface area (Å²) < 4.78 is 36.8. The molecule has 1 fully saturated rings. The molecule has 0 aromatic heterocycles. The lowest BCUT2D eigenvalue weighted by Crippen LogP contribution is -2.53. The van der Waals surface area contributed by atoms with E-state index in [0.29, 0.717) is 25.0 Å². The lowest BCUT2D eigenvalue weighted by atomic mass is 10.0. The van der Waals surface area contributed by atoms with Crippen LogP contribution in [0.5, 0.6) is 0 Å². The third-order valence-corrected chi connectivity index (χ3v) is 3.74. The zero-order valence-electron chi connectivity index (χ0n) is 11.4. The Morgan fingerprint density at radius 1 is 1.11 bits per heavy atom. The van der Waals surface area contributed by atoms with Crippen LogP contribution in [0.2, 0.25) is 0 Å². The fourth-order valence-corrected chi connectivity index (χ4v) is 2.43. The first kappa shape index (κ1) is 15.7. The van der Waals surface area contributed by atoms with E-state index in [-0.39, 0.29) is 0 Å². The molecule has 0 aliphatic carbocycles. The van der Waals surface area contributed by atoms with Gasteiger partial charge in [-0.3, -0.25) is 9.80 Å². The van der Waals surface area contributed by atoms with Gasteiger partial charge in [0.2, 0.25) is 0 Å². The summed E-state index contributed by atoms with van der Waals surface area (Å²) in [5.74, 6) is 0.504. The van der Waals surface area contributed by atoms with Crippen molar-refractivity contribution in [3.05, 3.63) is 0 Å².